The molecule has 3 N–H and O–H groups in total. The van der Waals surface area contributed by atoms with Gasteiger partial charge in [0.1, 0.15) is 5.75 Å². The number of benzene rings is 3. The average molecular weight is 562 g/mol. The van der Waals surface area contributed by atoms with Crippen LogP contribution in [-0.2, 0) is 22.2 Å². The number of carbonyl (C=O) groups is 2. The van der Waals surface area contributed by atoms with Crippen molar-refractivity contribution >= 4 is 34.5 Å². The summed E-state index contributed by atoms with van der Waals surface area (Å²) in [5.41, 5.74) is 2.13. The average Bonchev–Trinajstić information content (AvgIpc) is 3.22. The van der Waals surface area contributed by atoms with Gasteiger partial charge in [-0.15, -0.1) is 0 Å². The summed E-state index contributed by atoms with van der Waals surface area (Å²) in [6.45, 7) is 2.02. The molecule has 0 spiro atoms. The standard InChI is InChI=1S/C31H26F3N3O4/c1-2-6-19-10-13-22(14-11-19)37-25-17-21(31(32,33)34)12-15-24(25)27(28(37)39)35-36-30(29(40)41)16-5-7-20(18-30)23-8-3-4-9-26(23)38/h3-5,7-17,36,38H,2,6,18H2,1H3,(H,40,41). The topological polar surface area (TPSA) is 102 Å². The van der Waals surface area contributed by atoms with Crippen LogP contribution >= 0.6 is 0 Å². The third-order valence-electron chi connectivity index (χ3n) is 7.11. The van der Waals surface area contributed by atoms with Crippen LogP contribution in [0.15, 0.2) is 90.1 Å². The number of carboxylic acid groups (broad SMARTS) is 1. The molecule has 1 unspecified atom stereocenters. The van der Waals surface area contributed by atoms with Crippen molar-refractivity contribution in [3.63, 3.8) is 0 Å². The van der Waals surface area contributed by atoms with Gasteiger partial charge in [0, 0.05) is 23.2 Å². The smallest absolute Gasteiger partial charge is 0.416 e. The van der Waals surface area contributed by atoms with Crippen LogP contribution in [0.5, 0.6) is 5.75 Å². The van der Waals surface area contributed by atoms with Gasteiger partial charge in [0.05, 0.1) is 11.3 Å². The normalized spacial score (nSPS) is 19.3. The molecule has 41 heavy (non-hydrogen) atoms. The first-order valence-electron chi connectivity index (χ1n) is 12.9. The van der Waals surface area contributed by atoms with Crippen molar-refractivity contribution in [3.05, 3.63) is 107 Å². The van der Waals surface area contributed by atoms with Crippen molar-refractivity contribution in [2.24, 2.45) is 5.10 Å². The molecule has 1 amide bonds. The van der Waals surface area contributed by atoms with Crippen molar-refractivity contribution in [2.75, 3.05) is 4.90 Å². The first-order chi connectivity index (χ1) is 19.5. The van der Waals surface area contributed by atoms with Crippen LogP contribution in [0.2, 0.25) is 0 Å². The number of halogens is 3. The summed E-state index contributed by atoms with van der Waals surface area (Å²) in [5.74, 6) is -2.02. The van der Waals surface area contributed by atoms with Crippen LogP contribution in [0.3, 0.4) is 0 Å². The molecule has 210 valence electrons. The zero-order valence-corrected chi connectivity index (χ0v) is 21.9. The van der Waals surface area contributed by atoms with Crippen LogP contribution < -0.4 is 10.3 Å². The Bertz CT molecular complexity index is 1610. The van der Waals surface area contributed by atoms with Gasteiger partial charge in [0.2, 0.25) is 0 Å². The molecule has 7 nitrogen and oxygen atoms in total. The third kappa shape index (κ3) is 5.20. The molecule has 0 radical (unpaired) electrons. The highest BCUT2D eigenvalue weighted by Gasteiger charge is 2.42. The zero-order chi connectivity index (χ0) is 29.4. The summed E-state index contributed by atoms with van der Waals surface area (Å²) in [5, 5.41) is 24.7. The van der Waals surface area contributed by atoms with E-state index in [-0.39, 0.29) is 29.1 Å². The number of hydrogen-bond acceptors (Lipinski definition) is 5. The number of nitrogens with one attached hydrogen (secondary N) is 1. The highest BCUT2D eigenvalue weighted by atomic mass is 19.4. The van der Waals surface area contributed by atoms with Gasteiger partial charge in [-0.2, -0.15) is 18.3 Å². The van der Waals surface area contributed by atoms with Gasteiger partial charge in [0.25, 0.3) is 5.91 Å². The number of allylic oxidation sites excluding steroid dienone is 2. The predicted molar refractivity (Wildman–Crippen MR) is 149 cm³/mol. The van der Waals surface area contributed by atoms with Crippen molar-refractivity contribution < 1.29 is 33.0 Å². The van der Waals surface area contributed by atoms with Crippen LogP contribution in [0.1, 0.15) is 42.0 Å². The van der Waals surface area contributed by atoms with Gasteiger partial charge < -0.3 is 10.2 Å². The van der Waals surface area contributed by atoms with E-state index in [4.69, 9.17) is 0 Å². The molecule has 0 bridgehead atoms. The number of alkyl halides is 3. The van der Waals surface area contributed by atoms with Crippen LogP contribution in [0, 0.1) is 0 Å². The number of phenols is 1. The Morgan fingerprint density at radius 2 is 1.80 bits per heavy atom. The molecular formula is C31H26F3N3O4. The minimum atomic E-state index is -4.64. The number of hydrogen-bond donors (Lipinski definition) is 3. The van der Waals surface area contributed by atoms with Crippen molar-refractivity contribution in [1.29, 1.82) is 0 Å². The Labute approximate surface area is 233 Å². The fraction of sp³-hybridized carbons (Fsp3) is 0.194. The Hall–Kier alpha value is -4.86. The van der Waals surface area contributed by atoms with Gasteiger partial charge in [0.15, 0.2) is 11.3 Å². The maximum absolute atomic E-state index is 13.7. The van der Waals surface area contributed by atoms with E-state index in [0.717, 1.165) is 35.4 Å². The molecule has 0 saturated carbocycles. The van der Waals surface area contributed by atoms with E-state index in [1.807, 2.05) is 19.1 Å². The summed E-state index contributed by atoms with van der Waals surface area (Å²) in [6.07, 6.45) is 1.51. The minimum Gasteiger partial charge on any atom is -0.507 e. The van der Waals surface area contributed by atoms with Crippen molar-refractivity contribution in [2.45, 2.75) is 37.9 Å². The monoisotopic (exact) mass is 561 g/mol. The SMILES string of the molecule is CCCc1ccc(N2C(=O)C(=NNC3(C(=O)O)C=CC=C(c4ccccc4O)C3)c3ccc(C(F)(F)F)cc32)cc1. The summed E-state index contributed by atoms with van der Waals surface area (Å²) < 4.78 is 40.8. The van der Waals surface area contributed by atoms with Gasteiger partial charge >= 0.3 is 12.1 Å². The lowest BCUT2D eigenvalue weighted by Crippen LogP contribution is -2.49. The predicted octanol–water partition coefficient (Wildman–Crippen LogP) is 6.20. The second kappa shape index (κ2) is 10.6. The molecular weight excluding hydrogens is 535 g/mol. The van der Waals surface area contributed by atoms with Gasteiger partial charge in [-0.25, -0.2) is 4.79 Å². The fourth-order valence-electron chi connectivity index (χ4n) is 4.99. The Morgan fingerprint density at radius 3 is 2.46 bits per heavy atom. The van der Waals surface area contributed by atoms with E-state index < -0.39 is 29.2 Å². The molecule has 1 aliphatic heterocycles. The number of anilines is 2. The van der Waals surface area contributed by atoms with E-state index >= 15 is 0 Å². The number of nitrogens with zero attached hydrogens (tertiary/aromatic N) is 2. The lowest BCUT2D eigenvalue weighted by atomic mass is 9.84. The molecule has 3 aromatic carbocycles. The molecule has 1 heterocycles. The molecule has 5 rings (SSSR count). The highest BCUT2D eigenvalue weighted by Crippen LogP contribution is 2.41. The number of aromatic hydroxyl groups is 1. The van der Waals surface area contributed by atoms with Crippen molar-refractivity contribution in [3.8, 4) is 5.75 Å². The zero-order valence-electron chi connectivity index (χ0n) is 21.9. The quantitative estimate of drug-likeness (QED) is 0.298. The first-order valence-corrected chi connectivity index (χ1v) is 12.9. The van der Waals surface area contributed by atoms with Crippen LogP contribution in [0.25, 0.3) is 5.57 Å². The Kier molecular flexibility index (Phi) is 7.17. The van der Waals surface area contributed by atoms with Crippen LogP contribution in [-0.4, -0.2) is 33.3 Å². The summed E-state index contributed by atoms with van der Waals surface area (Å²) in [7, 11) is 0. The molecule has 1 aliphatic carbocycles. The van der Waals surface area contributed by atoms with Crippen LogP contribution in [0.4, 0.5) is 24.5 Å². The van der Waals surface area contributed by atoms with Gasteiger partial charge in [-0.05, 0) is 60.0 Å². The summed E-state index contributed by atoms with van der Waals surface area (Å²) in [6, 6.07) is 16.3. The molecule has 0 aromatic heterocycles. The van der Waals surface area contributed by atoms with E-state index in [1.54, 1.807) is 36.4 Å². The maximum Gasteiger partial charge on any atom is 0.416 e. The number of carboxylic acids is 1. The number of aliphatic carboxylic acids is 1. The molecule has 1 atom stereocenters. The lowest BCUT2D eigenvalue weighted by Gasteiger charge is -2.29. The van der Waals surface area contributed by atoms with E-state index in [1.165, 1.54) is 24.3 Å². The fourth-order valence-corrected chi connectivity index (χ4v) is 4.99. The maximum atomic E-state index is 13.7. The largest absolute Gasteiger partial charge is 0.507 e. The van der Waals surface area contributed by atoms with Gasteiger partial charge in [-0.1, -0.05) is 55.8 Å². The third-order valence-corrected chi connectivity index (χ3v) is 7.11. The number of carbonyl (C=O) groups excluding carboxylic acids is 1. The van der Waals surface area contributed by atoms with E-state index in [0.29, 0.717) is 16.8 Å². The second-order valence-corrected chi connectivity index (χ2v) is 9.88. The number of phenolic OH excluding ortho intramolecular Hbond substituents is 1. The number of fused-ring (bicyclic) bond motifs is 1. The number of para-hydroxylation sites is 1. The number of rotatable bonds is 7. The summed E-state index contributed by atoms with van der Waals surface area (Å²) in [4.78, 5) is 27.3. The molecule has 3 aromatic rings. The molecule has 2 aliphatic rings. The molecule has 0 fully saturated rings. The lowest BCUT2D eigenvalue weighted by molar-refractivity contribution is -0.142. The highest BCUT2D eigenvalue weighted by molar-refractivity contribution is 6.55. The number of aryl methyl sites for hydroxylation is 1. The Balaban J connectivity index is 1.54. The summed E-state index contributed by atoms with van der Waals surface area (Å²) >= 11 is 0. The van der Waals surface area contributed by atoms with E-state index in [2.05, 4.69) is 10.5 Å². The number of hydrazone groups is 1. The number of amides is 1. The molecule has 10 heteroatoms. The van der Waals surface area contributed by atoms with E-state index in [9.17, 15) is 33.0 Å². The first kappa shape index (κ1) is 27.7. The Morgan fingerprint density at radius 1 is 1.07 bits per heavy atom. The molecule has 0 saturated heterocycles. The van der Waals surface area contributed by atoms with Gasteiger partial charge in [-0.3, -0.25) is 15.1 Å². The minimum absolute atomic E-state index is 0.00743. The van der Waals surface area contributed by atoms with Crippen molar-refractivity contribution in [1.82, 2.24) is 5.43 Å². The second-order valence-electron chi connectivity index (χ2n) is 9.88.